The van der Waals surface area contributed by atoms with Crippen molar-refractivity contribution in [3.8, 4) is 0 Å². The van der Waals surface area contributed by atoms with Crippen molar-refractivity contribution in [2.24, 2.45) is 5.92 Å². The minimum atomic E-state index is -0.833. The monoisotopic (exact) mass is 407 g/mol. The number of rotatable bonds is 3. The molecule has 2 atom stereocenters. The Morgan fingerprint density at radius 3 is 2.84 bits per heavy atom. The number of anilines is 1. The molecule has 1 saturated carbocycles. The highest BCUT2D eigenvalue weighted by Crippen LogP contribution is 2.38. The van der Waals surface area contributed by atoms with Gasteiger partial charge in [-0.2, -0.15) is 0 Å². The molecule has 1 spiro atoms. The van der Waals surface area contributed by atoms with Gasteiger partial charge in [0.2, 0.25) is 5.91 Å². The highest BCUT2D eigenvalue weighted by Gasteiger charge is 2.55. The molecule has 25 heavy (non-hydrogen) atoms. The van der Waals surface area contributed by atoms with Gasteiger partial charge in [-0.1, -0.05) is 25.8 Å². The van der Waals surface area contributed by atoms with Gasteiger partial charge >= 0.3 is 6.03 Å². The number of hydrogen-bond donors (Lipinski definition) is 2. The molecule has 0 unspecified atom stereocenters. The molecular weight excluding hydrogens is 386 g/mol. The zero-order valence-electron chi connectivity index (χ0n) is 14.4. The largest absolute Gasteiger partial charge is 0.325 e. The molecule has 2 fully saturated rings. The minimum Gasteiger partial charge on any atom is -0.323 e. The van der Waals surface area contributed by atoms with Gasteiger partial charge in [-0.05, 0) is 59.3 Å². The summed E-state index contributed by atoms with van der Waals surface area (Å²) in [6.07, 6.45) is 3.52. The topological polar surface area (TPSA) is 78.5 Å². The number of nitrogens with one attached hydrogen (secondary N) is 2. The lowest BCUT2D eigenvalue weighted by Gasteiger charge is -2.36. The summed E-state index contributed by atoms with van der Waals surface area (Å²) in [5.74, 6) is -0.589. The molecule has 1 aliphatic carbocycles. The standard InChI is InChI=1S/C18H22BrN3O3/c1-11-6-7-14(13(19)9-11)20-15(23)10-22-16(24)18(21-17(22)25)8-4-3-5-12(18)2/h6-7,9,12H,3-5,8,10H2,1-2H3,(H,20,23)(H,21,25)/t12-,18+/m1/s1. The molecule has 134 valence electrons. The van der Waals surface area contributed by atoms with Crippen molar-refractivity contribution in [1.29, 1.82) is 0 Å². The molecule has 2 N–H and O–H groups in total. The number of carbonyl (C=O) groups excluding carboxylic acids is 3. The van der Waals surface area contributed by atoms with Crippen LogP contribution in [0.2, 0.25) is 0 Å². The third kappa shape index (κ3) is 3.29. The first-order valence-electron chi connectivity index (χ1n) is 8.53. The maximum Gasteiger partial charge on any atom is 0.325 e. The van der Waals surface area contributed by atoms with E-state index in [1.54, 1.807) is 6.07 Å². The highest BCUT2D eigenvalue weighted by atomic mass is 79.9. The van der Waals surface area contributed by atoms with E-state index in [0.29, 0.717) is 12.1 Å². The van der Waals surface area contributed by atoms with Gasteiger partial charge in [0, 0.05) is 4.47 Å². The summed E-state index contributed by atoms with van der Waals surface area (Å²) >= 11 is 3.40. The molecule has 0 bridgehead atoms. The average molecular weight is 408 g/mol. The molecular formula is C18H22BrN3O3. The third-order valence-electron chi connectivity index (χ3n) is 5.20. The zero-order chi connectivity index (χ0) is 18.2. The Morgan fingerprint density at radius 1 is 1.40 bits per heavy atom. The Labute approximate surface area is 155 Å². The minimum absolute atomic E-state index is 0.0806. The fourth-order valence-corrected chi connectivity index (χ4v) is 4.29. The first kappa shape index (κ1) is 17.9. The molecule has 1 aromatic rings. The second-order valence-corrected chi connectivity index (χ2v) is 7.83. The summed E-state index contributed by atoms with van der Waals surface area (Å²) in [5.41, 5.74) is 0.843. The SMILES string of the molecule is Cc1ccc(NC(=O)CN2C(=O)N[C@]3(CCCC[C@H]3C)C2=O)c(Br)c1. The van der Waals surface area contributed by atoms with Crippen LogP contribution >= 0.6 is 15.9 Å². The smallest absolute Gasteiger partial charge is 0.323 e. The van der Waals surface area contributed by atoms with Crippen molar-refractivity contribution >= 4 is 39.5 Å². The fraction of sp³-hybridized carbons (Fsp3) is 0.500. The Morgan fingerprint density at radius 2 is 2.16 bits per heavy atom. The van der Waals surface area contributed by atoms with E-state index in [-0.39, 0.29) is 18.4 Å². The number of halogens is 1. The lowest BCUT2D eigenvalue weighted by Crippen LogP contribution is -2.54. The van der Waals surface area contributed by atoms with Gasteiger partial charge in [0.15, 0.2) is 0 Å². The second kappa shape index (κ2) is 6.78. The van der Waals surface area contributed by atoms with E-state index >= 15 is 0 Å². The van der Waals surface area contributed by atoms with Crippen LogP contribution in [0.15, 0.2) is 22.7 Å². The van der Waals surface area contributed by atoms with Crippen LogP contribution in [-0.2, 0) is 9.59 Å². The van der Waals surface area contributed by atoms with Crippen LogP contribution < -0.4 is 10.6 Å². The van der Waals surface area contributed by atoms with Crippen molar-refractivity contribution in [2.75, 3.05) is 11.9 Å². The van der Waals surface area contributed by atoms with Crippen LogP contribution in [0, 0.1) is 12.8 Å². The number of benzene rings is 1. The summed E-state index contributed by atoms with van der Waals surface area (Å²) < 4.78 is 0.760. The number of hydrogen-bond acceptors (Lipinski definition) is 3. The molecule has 0 aromatic heterocycles. The average Bonchev–Trinajstić information content (AvgIpc) is 2.78. The lowest BCUT2D eigenvalue weighted by atomic mass is 9.73. The second-order valence-electron chi connectivity index (χ2n) is 6.97. The normalized spacial score (nSPS) is 26.0. The Balaban J connectivity index is 1.71. The van der Waals surface area contributed by atoms with Crippen LogP contribution in [0.5, 0.6) is 0 Å². The molecule has 0 radical (unpaired) electrons. The van der Waals surface area contributed by atoms with Crippen LogP contribution in [0.4, 0.5) is 10.5 Å². The summed E-state index contributed by atoms with van der Waals surface area (Å²) in [5, 5.41) is 5.60. The summed E-state index contributed by atoms with van der Waals surface area (Å²) in [4.78, 5) is 38.5. The van der Waals surface area contributed by atoms with Crippen molar-refractivity contribution in [3.63, 3.8) is 0 Å². The van der Waals surface area contributed by atoms with E-state index in [9.17, 15) is 14.4 Å². The molecule has 3 rings (SSSR count). The molecule has 1 aromatic carbocycles. The summed E-state index contributed by atoms with van der Waals surface area (Å²) in [6.45, 7) is 3.66. The van der Waals surface area contributed by atoms with Gasteiger partial charge in [0.05, 0.1) is 5.69 Å². The zero-order valence-corrected chi connectivity index (χ0v) is 16.0. The maximum atomic E-state index is 12.9. The van der Waals surface area contributed by atoms with Crippen LogP contribution in [-0.4, -0.2) is 34.8 Å². The predicted molar refractivity (Wildman–Crippen MR) is 98.1 cm³/mol. The van der Waals surface area contributed by atoms with Crippen LogP contribution in [0.1, 0.15) is 38.2 Å². The van der Waals surface area contributed by atoms with Crippen LogP contribution in [0.25, 0.3) is 0 Å². The Hall–Kier alpha value is -1.89. The molecule has 7 heteroatoms. The number of aryl methyl sites for hydroxylation is 1. The van der Waals surface area contributed by atoms with Crippen molar-refractivity contribution < 1.29 is 14.4 Å². The van der Waals surface area contributed by atoms with Crippen molar-refractivity contribution in [1.82, 2.24) is 10.2 Å². The number of imide groups is 1. The molecule has 2 aliphatic rings. The van der Waals surface area contributed by atoms with Crippen molar-refractivity contribution in [2.45, 2.75) is 45.1 Å². The third-order valence-corrected chi connectivity index (χ3v) is 5.86. The van der Waals surface area contributed by atoms with Crippen LogP contribution in [0.3, 0.4) is 0 Å². The van der Waals surface area contributed by atoms with Gasteiger partial charge in [0.1, 0.15) is 12.1 Å². The van der Waals surface area contributed by atoms with E-state index in [1.165, 1.54) is 0 Å². The summed E-state index contributed by atoms with van der Waals surface area (Å²) in [7, 11) is 0. The molecule has 4 amide bonds. The maximum absolute atomic E-state index is 12.9. The molecule has 1 saturated heterocycles. The van der Waals surface area contributed by atoms with Gasteiger partial charge in [0.25, 0.3) is 5.91 Å². The quantitative estimate of drug-likeness (QED) is 0.755. The molecule has 1 heterocycles. The van der Waals surface area contributed by atoms with E-state index in [0.717, 1.165) is 34.2 Å². The van der Waals surface area contributed by atoms with Crippen molar-refractivity contribution in [3.05, 3.63) is 28.2 Å². The molecule has 1 aliphatic heterocycles. The lowest BCUT2D eigenvalue weighted by molar-refractivity contribution is -0.136. The first-order valence-corrected chi connectivity index (χ1v) is 9.33. The number of nitrogens with zero attached hydrogens (tertiary/aromatic N) is 1. The number of amides is 4. The van der Waals surface area contributed by atoms with E-state index in [1.807, 2.05) is 26.0 Å². The molecule has 6 nitrogen and oxygen atoms in total. The first-order chi connectivity index (χ1) is 11.8. The van der Waals surface area contributed by atoms with Gasteiger partial charge in [-0.3, -0.25) is 14.5 Å². The Kier molecular flexibility index (Phi) is 4.86. The van der Waals surface area contributed by atoms with E-state index in [4.69, 9.17) is 0 Å². The fourth-order valence-electron chi connectivity index (χ4n) is 3.69. The van der Waals surface area contributed by atoms with E-state index in [2.05, 4.69) is 26.6 Å². The predicted octanol–water partition coefficient (Wildman–Crippen LogP) is 3.20. The Bertz CT molecular complexity index is 736. The number of carbonyl (C=O) groups is 3. The number of urea groups is 1. The van der Waals surface area contributed by atoms with Gasteiger partial charge in [-0.25, -0.2) is 4.79 Å². The van der Waals surface area contributed by atoms with Gasteiger partial charge in [-0.15, -0.1) is 0 Å². The summed E-state index contributed by atoms with van der Waals surface area (Å²) in [6, 6.07) is 5.08. The van der Waals surface area contributed by atoms with Gasteiger partial charge < -0.3 is 10.6 Å². The highest BCUT2D eigenvalue weighted by molar-refractivity contribution is 9.10. The van der Waals surface area contributed by atoms with E-state index < -0.39 is 17.5 Å².